The first-order valence-electron chi connectivity index (χ1n) is 13.6. The number of rotatable bonds is 14. The van der Waals surface area contributed by atoms with Gasteiger partial charge in [0.15, 0.2) is 0 Å². The molecule has 3 rings (SSSR count). The van der Waals surface area contributed by atoms with Crippen molar-refractivity contribution in [1.29, 1.82) is 0 Å². The highest BCUT2D eigenvalue weighted by Gasteiger charge is 2.39. The number of carbonyl (C=O) groups is 4. The molecule has 1 fully saturated rings. The summed E-state index contributed by atoms with van der Waals surface area (Å²) in [5, 5.41) is 24.4. The molecule has 1 heterocycles. The lowest BCUT2D eigenvalue weighted by Gasteiger charge is -2.30. The third-order valence-corrected chi connectivity index (χ3v) is 7.03. The molecule has 0 aromatic heterocycles. The van der Waals surface area contributed by atoms with E-state index in [1.165, 1.54) is 17.0 Å². The van der Waals surface area contributed by atoms with Gasteiger partial charge < -0.3 is 37.2 Å². The van der Waals surface area contributed by atoms with Crippen LogP contribution in [0, 0.1) is 0 Å². The number of aliphatic carboxylic acids is 1. The number of carboxylic acid groups (broad SMARTS) is 1. The third-order valence-electron chi connectivity index (χ3n) is 7.03. The number of hydrogen-bond acceptors (Lipinski definition) is 7. The van der Waals surface area contributed by atoms with Crippen molar-refractivity contribution in [3.8, 4) is 5.75 Å². The summed E-state index contributed by atoms with van der Waals surface area (Å²) in [4.78, 5) is 53.1. The van der Waals surface area contributed by atoms with E-state index in [9.17, 15) is 29.4 Å². The van der Waals surface area contributed by atoms with Gasteiger partial charge in [0, 0.05) is 13.0 Å². The Hall–Kier alpha value is -3.96. The number of phenols is 1. The highest BCUT2D eigenvalue weighted by molar-refractivity contribution is 5.94. The van der Waals surface area contributed by atoms with Gasteiger partial charge in [0.05, 0.1) is 6.04 Å². The Labute approximate surface area is 233 Å². The molecule has 11 nitrogen and oxygen atoms in total. The Morgan fingerprint density at radius 1 is 0.925 bits per heavy atom. The Bertz CT molecular complexity index is 1140. The van der Waals surface area contributed by atoms with Gasteiger partial charge in [0.25, 0.3) is 0 Å². The molecular formula is C29H39N5O6. The first-order chi connectivity index (χ1) is 19.2. The van der Waals surface area contributed by atoms with Crippen LogP contribution in [0.2, 0.25) is 0 Å². The molecule has 8 N–H and O–H groups in total. The van der Waals surface area contributed by atoms with Crippen LogP contribution < -0.4 is 22.1 Å². The normalized spacial score (nSPS) is 17.1. The topological polar surface area (TPSA) is 188 Å². The zero-order valence-electron chi connectivity index (χ0n) is 22.5. The zero-order valence-corrected chi connectivity index (χ0v) is 22.5. The van der Waals surface area contributed by atoms with Crippen LogP contribution in [0.5, 0.6) is 5.75 Å². The first-order valence-corrected chi connectivity index (χ1v) is 13.6. The van der Waals surface area contributed by atoms with Gasteiger partial charge in [0.2, 0.25) is 17.7 Å². The van der Waals surface area contributed by atoms with Crippen LogP contribution in [0.3, 0.4) is 0 Å². The van der Waals surface area contributed by atoms with E-state index in [0.29, 0.717) is 38.8 Å². The average Bonchev–Trinajstić information content (AvgIpc) is 3.43. The lowest BCUT2D eigenvalue weighted by Crippen LogP contribution is -2.57. The second-order valence-electron chi connectivity index (χ2n) is 10.1. The maximum absolute atomic E-state index is 13.8. The van der Waals surface area contributed by atoms with Crippen molar-refractivity contribution < 1.29 is 29.4 Å². The van der Waals surface area contributed by atoms with Gasteiger partial charge in [-0.2, -0.15) is 0 Å². The van der Waals surface area contributed by atoms with E-state index in [0.717, 1.165) is 11.1 Å². The molecule has 4 atom stereocenters. The third kappa shape index (κ3) is 8.78. The summed E-state index contributed by atoms with van der Waals surface area (Å²) < 4.78 is 0. The quantitative estimate of drug-likeness (QED) is 0.184. The smallest absolute Gasteiger partial charge is 0.326 e. The van der Waals surface area contributed by atoms with E-state index in [1.807, 2.05) is 30.3 Å². The van der Waals surface area contributed by atoms with Crippen molar-refractivity contribution in [1.82, 2.24) is 15.5 Å². The Kier molecular flexibility index (Phi) is 11.5. The van der Waals surface area contributed by atoms with Crippen molar-refractivity contribution in [2.24, 2.45) is 11.5 Å². The molecule has 0 bridgehead atoms. The maximum atomic E-state index is 13.8. The molecule has 1 aliphatic rings. The van der Waals surface area contributed by atoms with E-state index < -0.39 is 47.9 Å². The number of nitrogens with zero attached hydrogens (tertiary/aromatic N) is 1. The number of hydrogen-bond donors (Lipinski definition) is 6. The molecule has 1 saturated heterocycles. The Morgan fingerprint density at radius 3 is 2.25 bits per heavy atom. The summed E-state index contributed by atoms with van der Waals surface area (Å²) >= 11 is 0. The number of aromatic hydroxyl groups is 1. The van der Waals surface area contributed by atoms with Crippen molar-refractivity contribution in [3.63, 3.8) is 0 Å². The monoisotopic (exact) mass is 553 g/mol. The summed E-state index contributed by atoms with van der Waals surface area (Å²) in [6.07, 6.45) is 2.79. The van der Waals surface area contributed by atoms with Gasteiger partial charge in [-0.3, -0.25) is 14.4 Å². The van der Waals surface area contributed by atoms with Crippen molar-refractivity contribution >= 4 is 23.7 Å². The molecule has 0 aliphatic carbocycles. The molecule has 11 heteroatoms. The number of nitrogens with one attached hydrogen (secondary N) is 2. The van der Waals surface area contributed by atoms with Crippen molar-refractivity contribution in [3.05, 3.63) is 65.7 Å². The molecule has 3 amide bonds. The summed E-state index contributed by atoms with van der Waals surface area (Å²) in [5.41, 5.74) is 13.2. The Balaban J connectivity index is 1.73. The van der Waals surface area contributed by atoms with Gasteiger partial charge in [-0.25, -0.2) is 4.79 Å². The SMILES string of the molecule is NCCCCC(NC(=O)C1CCCN1C(=O)C(Cc1ccccc1)NC(=O)C(N)Cc1ccc(O)cc1)C(=O)O. The lowest BCUT2D eigenvalue weighted by molar-refractivity contribution is -0.145. The van der Waals surface area contributed by atoms with Crippen molar-refractivity contribution in [2.45, 2.75) is 69.1 Å². The number of amides is 3. The summed E-state index contributed by atoms with van der Waals surface area (Å²) in [6.45, 7) is 0.737. The minimum atomic E-state index is -1.14. The predicted octanol–water partition coefficient (Wildman–Crippen LogP) is 0.679. The fraction of sp³-hybridized carbons (Fsp3) is 0.448. The van der Waals surface area contributed by atoms with Crippen molar-refractivity contribution in [2.75, 3.05) is 13.1 Å². The molecule has 40 heavy (non-hydrogen) atoms. The van der Waals surface area contributed by atoms with E-state index in [-0.39, 0.29) is 25.0 Å². The highest BCUT2D eigenvalue weighted by Crippen LogP contribution is 2.21. The minimum absolute atomic E-state index is 0.102. The number of unbranched alkanes of at least 4 members (excludes halogenated alkanes) is 1. The van der Waals surface area contributed by atoms with E-state index in [2.05, 4.69) is 10.6 Å². The number of phenolic OH excluding ortho intramolecular Hbond substituents is 1. The van der Waals surface area contributed by atoms with Crippen LogP contribution in [-0.4, -0.2) is 76.1 Å². The van der Waals surface area contributed by atoms with Gasteiger partial charge in [0.1, 0.15) is 23.9 Å². The van der Waals surface area contributed by atoms with E-state index in [1.54, 1.807) is 12.1 Å². The van der Waals surface area contributed by atoms with E-state index in [4.69, 9.17) is 11.5 Å². The lowest BCUT2D eigenvalue weighted by atomic mass is 10.0. The summed E-state index contributed by atoms with van der Waals surface area (Å²) in [5.74, 6) is -2.52. The molecule has 1 aliphatic heterocycles. The molecule has 0 spiro atoms. The maximum Gasteiger partial charge on any atom is 0.326 e. The number of carboxylic acids is 1. The van der Waals surface area contributed by atoms with Crippen LogP contribution in [0.4, 0.5) is 0 Å². The summed E-state index contributed by atoms with van der Waals surface area (Å²) in [6, 6.07) is 11.7. The van der Waals surface area contributed by atoms with Crippen LogP contribution >= 0.6 is 0 Å². The second-order valence-corrected chi connectivity index (χ2v) is 10.1. The zero-order chi connectivity index (χ0) is 29.1. The predicted molar refractivity (Wildman–Crippen MR) is 149 cm³/mol. The van der Waals surface area contributed by atoms with Gasteiger partial charge in [-0.15, -0.1) is 0 Å². The number of nitrogens with two attached hydrogens (primary N) is 2. The number of carbonyl (C=O) groups excluding carboxylic acids is 3. The largest absolute Gasteiger partial charge is 0.508 e. The second kappa shape index (κ2) is 15.0. The minimum Gasteiger partial charge on any atom is -0.508 e. The fourth-order valence-electron chi connectivity index (χ4n) is 4.83. The fourth-order valence-corrected chi connectivity index (χ4v) is 4.83. The number of likely N-dealkylation sites (tertiary alicyclic amines) is 1. The average molecular weight is 554 g/mol. The molecular weight excluding hydrogens is 514 g/mol. The molecule has 2 aromatic rings. The molecule has 216 valence electrons. The van der Waals surface area contributed by atoms with Gasteiger partial charge in [-0.1, -0.05) is 42.5 Å². The molecule has 0 saturated carbocycles. The molecule has 2 aromatic carbocycles. The van der Waals surface area contributed by atoms with Crippen LogP contribution in [-0.2, 0) is 32.0 Å². The molecule has 0 radical (unpaired) electrons. The van der Waals surface area contributed by atoms with Gasteiger partial charge >= 0.3 is 5.97 Å². The first kappa shape index (κ1) is 30.6. The molecule has 4 unspecified atom stereocenters. The Morgan fingerprint density at radius 2 is 1.60 bits per heavy atom. The number of benzene rings is 2. The van der Waals surface area contributed by atoms with Crippen LogP contribution in [0.1, 0.15) is 43.2 Å². The van der Waals surface area contributed by atoms with Crippen LogP contribution in [0.25, 0.3) is 0 Å². The standard InChI is InChI=1S/C29H39N5O6/c30-15-5-4-9-23(29(39)40)32-27(37)25-10-6-16-34(25)28(38)24(18-19-7-2-1-3-8-19)33-26(36)22(31)17-20-11-13-21(35)14-12-20/h1-3,7-8,11-14,22-25,35H,4-6,9-10,15-18,30-31H2,(H,32,37)(H,33,36)(H,39,40). The highest BCUT2D eigenvalue weighted by atomic mass is 16.4. The van der Waals surface area contributed by atoms with Crippen LogP contribution in [0.15, 0.2) is 54.6 Å². The van der Waals surface area contributed by atoms with Gasteiger partial charge in [-0.05, 0) is 68.3 Å². The summed E-state index contributed by atoms with van der Waals surface area (Å²) in [7, 11) is 0. The van der Waals surface area contributed by atoms with E-state index >= 15 is 0 Å².